The first-order chi connectivity index (χ1) is 13.9. The number of hydrogen-bond acceptors (Lipinski definition) is 6. The molecular weight excluding hydrogens is 410 g/mol. The molecule has 0 spiro atoms. The Morgan fingerprint density at radius 1 is 1.24 bits per heavy atom. The molecule has 1 aliphatic rings. The van der Waals surface area contributed by atoms with E-state index in [2.05, 4.69) is 4.98 Å². The lowest BCUT2D eigenvalue weighted by Crippen LogP contribution is -2.38. The van der Waals surface area contributed by atoms with Gasteiger partial charge in [-0.25, -0.2) is 9.78 Å². The lowest BCUT2D eigenvalue weighted by Gasteiger charge is -2.33. The molecule has 1 aliphatic carbocycles. The van der Waals surface area contributed by atoms with Crippen molar-refractivity contribution >= 4 is 40.6 Å². The van der Waals surface area contributed by atoms with E-state index < -0.39 is 11.4 Å². The first kappa shape index (κ1) is 21.4. The number of ether oxygens (including phenoxy) is 1. The lowest BCUT2D eigenvalue weighted by atomic mass is 9.71. The number of nitrogens with zero attached hydrogens (tertiary/aromatic N) is 1. The summed E-state index contributed by atoms with van der Waals surface area (Å²) >= 11 is 7.44. The van der Waals surface area contributed by atoms with Gasteiger partial charge in [-0.1, -0.05) is 43.0 Å². The van der Waals surface area contributed by atoms with Gasteiger partial charge < -0.3 is 4.74 Å². The Morgan fingerprint density at radius 2 is 1.93 bits per heavy atom. The van der Waals surface area contributed by atoms with Gasteiger partial charge in [-0.3, -0.25) is 9.59 Å². The summed E-state index contributed by atoms with van der Waals surface area (Å²) in [5.74, 6) is 0.846. The molecule has 1 saturated carbocycles. The molecule has 0 unspecified atom stereocenters. The summed E-state index contributed by atoms with van der Waals surface area (Å²) in [5.41, 5.74) is 0.813. The lowest BCUT2D eigenvalue weighted by molar-refractivity contribution is -0.150. The van der Waals surface area contributed by atoms with Crippen LogP contribution in [0.3, 0.4) is 0 Å². The van der Waals surface area contributed by atoms with Crippen molar-refractivity contribution in [3.63, 3.8) is 0 Å². The van der Waals surface area contributed by atoms with Crippen molar-refractivity contribution in [2.24, 2.45) is 5.41 Å². The Labute approximate surface area is 178 Å². The molecule has 0 bridgehead atoms. The SMILES string of the molecule is Cc1sc(-c2ccc(Cl)cc2)nc1CC(=O)OCC1(C(=O)C=C=O)CCCCC1. The molecule has 5 nitrogen and oxygen atoms in total. The van der Waals surface area contributed by atoms with Gasteiger partial charge in [-0.05, 0) is 31.9 Å². The van der Waals surface area contributed by atoms with Crippen LogP contribution < -0.4 is 0 Å². The van der Waals surface area contributed by atoms with Crippen molar-refractivity contribution in [3.05, 3.63) is 45.9 Å². The molecule has 29 heavy (non-hydrogen) atoms. The molecule has 7 heteroatoms. The Morgan fingerprint density at radius 3 is 2.59 bits per heavy atom. The molecule has 1 heterocycles. The fourth-order valence-electron chi connectivity index (χ4n) is 3.61. The number of benzene rings is 1. The number of aromatic nitrogens is 1. The number of hydrogen-bond donors (Lipinski definition) is 0. The van der Waals surface area contributed by atoms with Crippen LogP contribution >= 0.6 is 22.9 Å². The number of thiazole rings is 1. The highest BCUT2D eigenvalue weighted by Crippen LogP contribution is 2.38. The predicted molar refractivity (Wildman–Crippen MR) is 113 cm³/mol. The molecule has 1 aromatic heterocycles. The number of aryl methyl sites for hydroxylation is 1. The molecule has 0 amide bonds. The summed E-state index contributed by atoms with van der Waals surface area (Å²) in [6, 6.07) is 7.38. The Balaban J connectivity index is 1.66. The second-order valence-corrected chi connectivity index (χ2v) is 8.97. The van der Waals surface area contributed by atoms with E-state index in [9.17, 15) is 14.4 Å². The molecule has 0 aliphatic heterocycles. The van der Waals surface area contributed by atoms with Gasteiger partial charge in [-0.2, -0.15) is 0 Å². The van der Waals surface area contributed by atoms with Gasteiger partial charge >= 0.3 is 5.97 Å². The Bertz CT molecular complexity index is 938. The molecule has 2 aromatic rings. The number of carbonyl (C=O) groups is 2. The fraction of sp³-hybridized carbons (Fsp3) is 0.409. The molecular formula is C22H22ClNO4S. The summed E-state index contributed by atoms with van der Waals surface area (Å²) < 4.78 is 5.48. The maximum Gasteiger partial charge on any atom is 0.311 e. The van der Waals surface area contributed by atoms with E-state index in [-0.39, 0.29) is 18.8 Å². The minimum atomic E-state index is -0.795. The predicted octanol–water partition coefficient (Wildman–Crippen LogP) is 4.77. The van der Waals surface area contributed by atoms with Crippen LogP contribution in [0.25, 0.3) is 10.6 Å². The third-order valence-electron chi connectivity index (χ3n) is 5.33. The Kier molecular flexibility index (Phi) is 7.01. The van der Waals surface area contributed by atoms with Crippen molar-refractivity contribution in [1.82, 2.24) is 4.98 Å². The number of halogens is 1. The first-order valence-corrected chi connectivity index (χ1v) is 10.8. The standard InChI is InChI=1S/C22H22ClNO4S/c1-15-18(24-21(29-15)16-5-7-17(23)8-6-16)13-20(27)28-14-22(19(26)9-12-25)10-3-2-4-11-22/h5-9H,2-4,10-11,13-14H2,1H3. The maximum atomic E-state index is 12.4. The average molecular weight is 432 g/mol. The molecule has 1 fully saturated rings. The molecule has 0 radical (unpaired) electrons. The summed E-state index contributed by atoms with van der Waals surface area (Å²) in [6.45, 7) is 1.91. The molecule has 3 rings (SSSR count). The number of carbonyl (C=O) groups excluding carboxylic acids is 3. The first-order valence-electron chi connectivity index (χ1n) is 9.57. The largest absolute Gasteiger partial charge is 0.464 e. The minimum absolute atomic E-state index is 0.00390. The van der Waals surface area contributed by atoms with Gasteiger partial charge in [0, 0.05) is 15.5 Å². The molecule has 0 N–H and O–H groups in total. The number of ketones is 1. The van der Waals surface area contributed by atoms with E-state index in [1.165, 1.54) is 11.3 Å². The van der Waals surface area contributed by atoms with Crippen LogP contribution in [0.2, 0.25) is 5.02 Å². The number of allylic oxidation sites excluding steroid dienone is 1. The van der Waals surface area contributed by atoms with Crippen molar-refractivity contribution < 1.29 is 19.1 Å². The molecule has 0 saturated heterocycles. The van der Waals surface area contributed by atoms with Gasteiger partial charge in [0.1, 0.15) is 17.6 Å². The molecule has 1 aromatic carbocycles. The highest BCUT2D eigenvalue weighted by molar-refractivity contribution is 7.15. The summed E-state index contributed by atoms with van der Waals surface area (Å²) in [4.78, 5) is 41.0. The van der Waals surface area contributed by atoms with Crippen LogP contribution in [-0.2, 0) is 25.5 Å². The van der Waals surface area contributed by atoms with Gasteiger partial charge in [0.15, 0.2) is 5.78 Å². The molecule has 0 atom stereocenters. The van der Waals surface area contributed by atoms with Crippen LogP contribution in [0, 0.1) is 12.3 Å². The summed E-state index contributed by atoms with van der Waals surface area (Å²) in [5, 5.41) is 1.47. The fourth-order valence-corrected chi connectivity index (χ4v) is 4.67. The minimum Gasteiger partial charge on any atom is -0.464 e. The van der Waals surface area contributed by atoms with E-state index >= 15 is 0 Å². The normalized spacial score (nSPS) is 15.4. The maximum absolute atomic E-state index is 12.4. The quantitative estimate of drug-likeness (QED) is 0.359. The van der Waals surface area contributed by atoms with Gasteiger partial charge in [-0.15, -0.1) is 11.3 Å². The van der Waals surface area contributed by atoms with Crippen LogP contribution in [0.1, 0.15) is 42.7 Å². The van der Waals surface area contributed by atoms with Crippen molar-refractivity contribution in [2.75, 3.05) is 6.61 Å². The highest BCUT2D eigenvalue weighted by Gasteiger charge is 2.39. The van der Waals surface area contributed by atoms with Crippen LogP contribution in [0.15, 0.2) is 30.3 Å². The third-order valence-corrected chi connectivity index (χ3v) is 6.64. The van der Waals surface area contributed by atoms with E-state index in [1.54, 1.807) is 18.1 Å². The second-order valence-electron chi connectivity index (χ2n) is 7.33. The zero-order chi connectivity index (χ0) is 20.9. The van der Waals surface area contributed by atoms with E-state index in [1.807, 2.05) is 19.1 Å². The van der Waals surface area contributed by atoms with Crippen molar-refractivity contribution in [2.45, 2.75) is 45.4 Å². The van der Waals surface area contributed by atoms with Gasteiger partial charge in [0.2, 0.25) is 0 Å². The Hall–Kier alpha value is -2.27. The van der Waals surface area contributed by atoms with Crippen LogP contribution in [0.4, 0.5) is 0 Å². The van der Waals surface area contributed by atoms with Crippen LogP contribution in [-0.4, -0.2) is 29.3 Å². The topological polar surface area (TPSA) is 73.3 Å². The van der Waals surface area contributed by atoms with Gasteiger partial charge in [0.05, 0.1) is 23.6 Å². The summed E-state index contributed by atoms with van der Waals surface area (Å²) in [7, 11) is 0. The second kappa shape index (κ2) is 9.49. The number of esters is 1. The third kappa shape index (κ3) is 5.21. The van der Waals surface area contributed by atoms with Crippen molar-refractivity contribution in [3.8, 4) is 10.6 Å². The van der Waals surface area contributed by atoms with Crippen LogP contribution in [0.5, 0.6) is 0 Å². The number of rotatable bonds is 7. The van der Waals surface area contributed by atoms with E-state index in [4.69, 9.17) is 16.3 Å². The zero-order valence-corrected chi connectivity index (χ0v) is 17.8. The van der Waals surface area contributed by atoms with Crippen molar-refractivity contribution in [1.29, 1.82) is 0 Å². The monoisotopic (exact) mass is 431 g/mol. The average Bonchev–Trinajstić information content (AvgIpc) is 3.08. The van der Waals surface area contributed by atoms with E-state index in [0.29, 0.717) is 23.6 Å². The smallest absolute Gasteiger partial charge is 0.311 e. The zero-order valence-electron chi connectivity index (χ0n) is 16.2. The van der Waals surface area contributed by atoms with E-state index in [0.717, 1.165) is 40.8 Å². The van der Waals surface area contributed by atoms with Gasteiger partial charge in [0.25, 0.3) is 0 Å². The highest BCUT2D eigenvalue weighted by atomic mass is 35.5. The molecule has 152 valence electrons. The summed E-state index contributed by atoms with van der Waals surface area (Å²) in [6.07, 6.45) is 5.02.